The summed E-state index contributed by atoms with van der Waals surface area (Å²) in [6.45, 7) is 1.03. The van der Waals surface area contributed by atoms with E-state index in [2.05, 4.69) is 18.2 Å². The van der Waals surface area contributed by atoms with Gasteiger partial charge in [0.1, 0.15) is 13.1 Å². The molecule has 6 nitrogen and oxygen atoms in total. The maximum atomic E-state index is 12.9. The molecular formula is C23H23N3O3. The van der Waals surface area contributed by atoms with E-state index in [1.54, 1.807) is 36.2 Å². The van der Waals surface area contributed by atoms with Gasteiger partial charge in [0.2, 0.25) is 11.8 Å². The van der Waals surface area contributed by atoms with Crippen molar-refractivity contribution in [1.29, 1.82) is 0 Å². The highest BCUT2D eigenvalue weighted by Crippen LogP contribution is 2.26. The maximum Gasteiger partial charge on any atom is 0.256 e. The zero-order chi connectivity index (χ0) is 20.4. The molecule has 0 spiro atoms. The monoisotopic (exact) mass is 389 g/mol. The molecule has 148 valence electrons. The van der Waals surface area contributed by atoms with Crippen LogP contribution in [0.4, 0.5) is 5.69 Å². The lowest BCUT2D eigenvalue weighted by Gasteiger charge is -2.30. The van der Waals surface area contributed by atoms with Crippen LogP contribution < -0.4 is 4.90 Å². The Labute approximate surface area is 170 Å². The summed E-state index contributed by atoms with van der Waals surface area (Å²) in [7, 11) is 1.60. The predicted molar refractivity (Wildman–Crippen MR) is 111 cm³/mol. The molecule has 0 radical (unpaired) electrons. The lowest BCUT2D eigenvalue weighted by atomic mass is 9.99. The van der Waals surface area contributed by atoms with Crippen LogP contribution in [0.25, 0.3) is 5.57 Å². The van der Waals surface area contributed by atoms with Crippen molar-refractivity contribution in [1.82, 2.24) is 9.80 Å². The third kappa shape index (κ3) is 3.78. The first-order valence-electron chi connectivity index (χ1n) is 9.71. The number of carbonyl (C=O) groups excluding carboxylic acids is 3. The second-order valence-electron chi connectivity index (χ2n) is 7.34. The van der Waals surface area contributed by atoms with Gasteiger partial charge in [0, 0.05) is 20.1 Å². The summed E-state index contributed by atoms with van der Waals surface area (Å²) in [5, 5.41) is 0. The molecule has 0 bridgehead atoms. The van der Waals surface area contributed by atoms with Gasteiger partial charge in [-0.1, -0.05) is 48.5 Å². The van der Waals surface area contributed by atoms with Crippen LogP contribution in [0.3, 0.4) is 0 Å². The van der Waals surface area contributed by atoms with E-state index in [-0.39, 0.29) is 30.8 Å². The van der Waals surface area contributed by atoms with Crippen molar-refractivity contribution in [2.24, 2.45) is 0 Å². The minimum Gasteiger partial charge on any atom is -0.337 e. The normalized spacial score (nSPS) is 17.0. The lowest BCUT2D eigenvalue weighted by molar-refractivity contribution is -0.131. The van der Waals surface area contributed by atoms with Gasteiger partial charge in [0.15, 0.2) is 0 Å². The number of rotatable bonds is 3. The molecule has 2 heterocycles. The van der Waals surface area contributed by atoms with Crippen LogP contribution >= 0.6 is 0 Å². The number of hydrogen-bond donors (Lipinski definition) is 0. The maximum absolute atomic E-state index is 12.9. The van der Waals surface area contributed by atoms with Gasteiger partial charge in [-0.25, -0.2) is 0 Å². The summed E-state index contributed by atoms with van der Waals surface area (Å²) in [6.07, 6.45) is 2.85. The second-order valence-corrected chi connectivity index (χ2v) is 7.34. The number of benzene rings is 2. The van der Waals surface area contributed by atoms with Crippen LogP contribution in [0.15, 0.2) is 60.7 Å². The third-order valence-corrected chi connectivity index (χ3v) is 5.45. The second kappa shape index (κ2) is 7.91. The molecule has 29 heavy (non-hydrogen) atoms. The predicted octanol–water partition coefficient (Wildman–Crippen LogP) is 2.42. The molecule has 0 N–H and O–H groups in total. The van der Waals surface area contributed by atoms with Crippen molar-refractivity contribution >= 4 is 29.0 Å². The Kier molecular flexibility index (Phi) is 5.16. The quantitative estimate of drug-likeness (QED) is 0.810. The van der Waals surface area contributed by atoms with Gasteiger partial charge in [-0.2, -0.15) is 0 Å². The molecule has 2 aromatic carbocycles. The van der Waals surface area contributed by atoms with Gasteiger partial charge in [-0.3, -0.25) is 14.4 Å². The molecule has 6 heteroatoms. The van der Waals surface area contributed by atoms with Crippen LogP contribution in [0.1, 0.15) is 22.3 Å². The molecule has 2 aliphatic rings. The Bertz CT molecular complexity index is 984. The van der Waals surface area contributed by atoms with Gasteiger partial charge >= 0.3 is 0 Å². The van der Waals surface area contributed by atoms with Crippen LogP contribution in [-0.4, -0.2) is 60.7 Å². The number of likely N-dealkylation sites (N-methyl/N-ethyl adjacent to an activating group) is 1. The zero-order valence-electron chi connectivity index (χ0n) is 16.4. The molecule has 0 aromatic heterocycles. The minimum atomic E-state index is -0.253. The lowest BCUT2D eigenvalue weighted by Crippen LogP contribution is -2.46. The summed E-state index contributed by atoms with van der Waals surface area (Å²) < 4.78 is 0. The third-order valence-electron chi connectivity index (χ3n) is 5.45. The van der Waals surface area contributed by atoms with E-state index in [0.29, 0.717) is 24.3 Å². The summed E-state index contributed by atoms with van der Waals surface area (Å²) in [5.41, 5.74) is 3.35. The molecule has 0 saturated heterocycles. The fraction of sp³-hybridized carbons (Fsp3) is 0.261. The Morgan fingerprint density at radius 3 is 2.45 bits per heavy atom. The standard InChI is InChI=1S/C23H23N3O3/c1-24-15-22(28)26(20-10-6-5-9-19(20)23(24)29)16-21(27)25-13-11-18(12-14-25)17-7-3-2-4-8-17/h2-11H,12-16H2,1H3. The number of amides is 3. The van der Waals surface area contributed by atoms with Gasteiger partial charge in [-0.05, 0) is 29.7 Å². The van der Waals surface area contributed by atoms with Crippen molar-refractivity contribution in [2.45, 2.75) is 6.42 Å². The molecule has 0 atom stereocenters. The largest absolute Gasteiger partial charge is 0.337 e. The number of hydrogen-bond acceptors (Lipinski definition) is 3. The average Bonchev–Trinajstić information content (AvgIpc) is 2.85. The van der Waals surface area contributed by atoms with E-state index in [9.17, 15) is 14.4 Å². The molecule has 0 aliphatic carbocycles. The first-order chi connectivity index (χ1) is 14.0. The van der Waals surface area contributed by atoms with Gasteiger partial charge in [0.25, 0.3) is 5.91 Å². The van der Waals surface area contributed by atoms with Crippen LogP contribution in [0, 0.1) is 0 Å². The van der Waals surface area contributed by atoms with Gasteiger partial charge in [0.05, 0.1) is 11.3 Å². The summed E-state index contributed by atoms with van der Waals surface area (Å²) >= 11 is 0. The van der Waals surface area contributed by atoms with Crippen LogP contribution in [0.5, 0.6) is 0 Å². The van der Waals surface area contributed by atoms with Crippen molar-refractivity contribution in [2.75, 3.05) is 38.1 Å². The molecule has 2 aromatic rings. The molecular weight excluding hydrogens is 366 g/mol. The van der Waals surface area contributed by atoms with Crippen molar-refractivity contribution in [3.8, 4) is 0 Å². The minimum absolute atomic E-state index is 0.0428. The van der Waals surface area contributed by atoms with Crippen molar-refractivity contribution in [3.05, 3.63) is 71.8 Å². The molecule has 2 aliphatic heterocycles. The number of nitrogens with zero attached hydrogens (tertiary/aromatic N) is 3. The molecule has 4 rings (SSSR count). The van der Waals surface area contributed by atoms with E-state index in [1.807, 2.05) is 18.2 Å². The van der Waals surface area contributed by atoms with E-state index in [1.165, 1.54) is 20.9 Å². The van der Waals surface area contributed by atoms with Gasteiger partial charge in [-0.15, -0.1) is 0 Å². The Morgan fingerprint density at radius 2 is 1.72 bits per heavy atom. The molecule has 0 fully saturated rings. The highest BCUT2D eigenvalue weighted by molar-refractivity contribution is 6.11. The van der Waals surface area contributed by atoms with Crippen molar-refractivity contribution < 1.29 is 14.4 Å². The Balaban J connectivity index is 1.51. The fourth-order valence-corrected chi connectivity index (χ4v) is 3.81. The smallest absolute Gasteiger partial charge is 0.256 e. The first kappa shape index (κ1) is 18.9. The summed E-state index contributed by atoms with van der Waals surface area (Å²) in [6, 6.07) is 17.1. The average molecular weight is 389 g/mol. The van der Waals surface area contributed by atoms with E-state index < -0.39 is 0 Å². The summed E-state index contributed by atoms with van der Waals surface area (Å²) in [4.78, 5) is 42.8. The number of para-hydroxylation sites is 1. The number of carbonyl (C=O) groups is 3. The topological polar surface area (TPSA) is 60.9 Å². The first-order valence-corrected chi connectivity index (χ1v) is 9.71. The molecule has 0 saturated carbocycles. The van der Waals surface area contributed by atoms with E-state index in [0.717, 1.165) is 6.42 Å². The van der Waals surface area contributed by atoms with Crippen LogP contribution in [0.2, 0.25) is 0 Å². The molecule has 3 amide bonds. The summed E-state index contributed by atoms with van der Waals surface area (Å²) in [5.74, 6) is -0.581. The number of fused-ring (bicyclic) bond motifs is 1. The van der Waals surface area contributed by atoms with Crippen molar-refractivity contribution in [3.63, 3.8) is 0 Å². The van der Waals surface area contributed by atoms with Gasteiger partial charge < -0.3 is 14.7 Å². The van der Waals surface area contributed by atoms with E-state index >= 15 is 0 Å². The number of anilines is 1. The van der Waals surface area contributed by atoms with Crippen LogP contribution in [-0.2, 0) is 9.59 Å². The Morgan fingerprint density at radius 1 is 1.00 bits per heavy atom. The Hall–Kier alpha value is -3.41. The highest BCUT2D eigenvalue weighted by Gasteiger charge is 2.31. The SMILES string of the molecule is CN1CC(=O)N(CC(=O)N2CC=C(c3ccccc3)CC2)c2ccccc2C1=O. The molecule has 0 unspecified atom stereocenters. The fourth-order valence-electron chi connectivity index (χ4n) is 3.81. The highest BCUT2D eigenvalue weighted by atomic mass is 16.2. The zero-order valence-corrected chi connectivity index (χ0v) is 16.4. The van der Waals surface area contributed by atoms with E-state index in [4.69, 9.17) is 0 Å².